The van der Waals surface area contributed by atoms with Gasteiger partial charge in [0.15, 0.2) is 5.76 Å². The molecule has 0 aromatic carbocycles. The fourth-order valence-electron chi connectivity index (χ4n) is 4.07. The van der Waals surface area contributed by atoms with Gasteiger partial charge in [0.05, 0.1) is 18.7 Å². The molecule has 1 saturated heterocycles. The zero-order valence-electron chi connectivity index (χ0n) is 14.4. The van der Waals surface area contributed by atoms with Gasteiger partial charge in [0.2, 0.25) is 0 Å². The molecule has 1 saturated carbocycles. The maximum absolute atomic E-state index is 12.6. The van der Waals surface area contributed by atoms with E-state index in [4.69, 9.17) is 9.15 Å². The molecule has 2 aromatic rings. The van der Waals surface area contributed by atoms with Gasteiger partial charge in [-0.2, -0.15) is 5.10 Å². The third kappa shape index (κ3) is 3.48. The van der Waals surface area contributed by atoms with E-state index in [0.29, 0.717) is 29.9 Å². The summed E-state index contributed by atoms with van der Waals surface area (Å²) >= 11 is 0. The second-order valence-corrected chi connectivity index (χ2v) is 6.97. The molecule has 2 N–H and O–H groups in total. The zero-order chi connectivity index (χ0) is 17.2. The van der Waals surface area contributed by atoms with Crippen LogP contribution in [0.25, 0.3) is 0 Å². The Morgan fingerprint density at radius 3 is 3.00 bits per heavy atom. The number of rotatable bonds is 5. The lowest BCUT2D eigenvalue weighted by atomic mass is 9.77. The number of aromatic nitrogens is 2. The number of carbonyl (C=O) groups is 1. The van der Waals surface area contributed by atoms with E-state index in [1.54, 1.807) is 24.1 Å². The lowest BCUT2D eigenvalue weighted by molar-refractivity contribution is 0.0121. The summed E-state index contributed by atoms with van der Waals surface area (Å²) in [4.78, 5) is 12.6. The number of carbonyl (C=O) groups excluding carboxylic acids is 1. The van der Waals surface area contributed by atoms with Crippen molar-refractivity contribution in [2.75, 3.05) is 20.2 Å². The molecule has 0 bridgehead atoms. The smallest absolute Gasteiger partial charge is 0.287 e. The van der Waals surface area contributed by atoms with Crippen LogP contribution in [0.3, 0.4) is 0 Å². The molecule has 1 aliphatic carbocycles. The van der Waals surface area contributed by atoms with E-state index in [0.717, 1.165) is 25.9 Å². The third-order valence-electron chi connectivity index (χ3n) is 5.40. The fraction of sp³-hybridized carbons (Fsp3) is 0.556. The van der Waals surface area contributed by atoms with Gasteiger partial charge in [-0.1, -0.05) is 0 Å². The van der Waals surface area contributed by atoms with Crippen molar-refractivity contribution in [3.8, 4) is 0 Å². The quantitative estimate of drug-likeness (QED) is 0.854. The first-order valence-corrected chi connectivity index (χ1v) is 8.83. The normalized spacial score (nSPS) is 28.7. The standard InChI is InChI=1S/C18H24N4O3/c1-24-17-8-13-10-19-9-12(13)7-15(17)21-18(23)16-4-3-14(25-16)11-22-6-2-5-20-22/h2-6,12-13,15,17,19H,7-11H2,1H3,(H,21,23)/t12-,13+,15-,17-/m0/s1. The van der Waals surface area contributed by atoms with Gasteiger partial charge in [-0.15, -0.1) is 0 Å². The van der Waals surface area contributed by atoms with E-state index in [2.05, 4.69) is 15.7 Å². The van der Waals surface area contributed by atoms with Crippen LogP contribution in [0.1, 0.15) is 29.2 Å². The van der Waals surface area contributed by atoms with Crippen LogP contribution in [-0.2, 0) is 11.3 Å². The van der Waals surface area contributed by atoms with Gasteiger partial charge in [0.1, 0.15) is 5.76 Å². The Bertz CT molecular complexity index is 712. The highest BCUT2D eigenvalue weighted by molar-refractivity contribution is 5.91. The molecule has 0 radical (unpaired) electrons. The number of amides is 1. The molecule has 4 atom stereocenters. The minimum atomic E-state index is -0.178. The lowest BCUT2D eigenvalue weighted by Gasteiger charge is -2.37. The van der Waals surface area contributed by atoms with E-state index >= 15 is 0 Å². The van der Waals surface area contributed by atoms with Crippen LogP contribution in [0, 0.1) is 11.8 Å². The molecule has 7 nitrogen and oxygen atoms in total. The van der Waals surface area contributed by atoms with Crippen LogP contribution in [0.5, 0.6) is 0 Å². The maximum Gasteiger partial charge on any atom is 0.287 e. The Morgan fingerprint density at radius 2 is 2.24 bits per heavy atom. The summed E-state index contributed by atoms with van der Waals surface area (Å²) < 4.78 is 13.1. The van der Waals surface area contributed by atoms with Crippen molar-refractivity contribution in [1.29, 1.82) is 0 Å². The van der Waals surface area contributed by atoms with Crippen LogP contribution < -0.4 is 10.6 Å². The van der Waals surface area contributed by atoms with Crippen LogP contribution in [0.15, 0.2) is 35.0 Å². The molecule has 1 amide bonds. The number of nitrogens with one attached hydrogen (secondary N) is 2. The summed E-state index contributed by atoms with van der Waals surface area (Å²) in [6, 6.07) is 5.43. The highest BCUT2D eigenvalue weighted by atomic mass is 16.5. The first-order chi connectivity index (χ1) is 12.2. The van der Waals surface area contributed by atoms with Gasteiger partial charge in [-0.3, -0.25) is 9.48 Å². The van der Waals surface area contributed by atoms with Gasteiger partial charge in [-0.05, 0) is 56.0 Å². The summed E-state index contributed by atoms with van der Waals surface area (Å²) in [7, 11) is 1.72. The van der Waals surface area contributed by atoms with E-state index in [1.807, 2.05) is 18.3 Å². The number of hydrogen-bond donors (Lipinski definition) is 2. The zero-order valence-corrected chi connectivity index (χ0v) is 14.4. The molecule has 1 aliphatic heterocycles. The first kappa shape index (κ1) is 16.4. The lowest BCUT2D eigenvalue weighted by Crippen LogP contribution is -2.50. The van der Waals surface area contributed by atoms with E-state index < -0.39 is 0 Å². The van der Waals surface area contributed by atoms with Crippen molar-refractivity contribution in [1.82, 2.24) is 20.4 Å². The number of furan rings is 1. The van der Waals surface area contributed by atoms with E-state index in [-0.39, 0.29) is 18.1 Å². The van der Waals surface area contributed by atoms with Crippen LogP contribution in [0.4, 0.5) is 0 Å². The van der Waals surface area contributed by atoms with E-state index in [1.165, 1.54) is 0 Å². The predicted molar refractivity (Wildman–Crippen MR) is 91.2 cm³/mol. The number of methoxy groups -OCH3 is 1. The van der Waals surface area contributed by atoms with Crippen molar-refractivity contribution in [3.63, 3.8) is 0 Å². The molecular weight excluding hydrogens is 320 g/mol. The molecule has 2 aromatic heterocycles. The molecule has 2 fully saturated rings. The molecule has 0 spiro atoms. The Hall–Kier alpha value is -2.12. The SMILES string of the molecule is CO[C@H]1C[C@@H]2CNC[C@@H]2C[C@@H]1NC(=O)c1ccc(Cn2cccn2)o1. The first-order valence-electron chi connectivity index (χ1n) is 8.83. The Kier molecular flexibility index (Phi) is 4.59. The number of hydrogen-bond acceptors (Lipinski definition) is 5. The van der Waals surface area contributed by atoms with Crippen molar-refractivity contribution in [2.45, 2.75) is 31.5 Å². The predicted octanol–water partition coefficient (Wildman–Crippen LogP) is 1.27. The van der Waals surface area contributed by atoms with Crippen molar-refractivity contribution < 1.29 is 13.9 Å². The number of nitrogens with zero attached hydrogens (tertiary/aromatic N) is 2. The van der Waals surface area contributed by atoms with Crippen LogP contribution >= 0.6 is 0 Å². The van der Waals surface area contributed by atoms with Gasteiger partial charge >= 0.3 is 0 Å². The molecule has 3 heterocycles. The topological polar surface area (TPSA) is 81.3 Å². The molecule has 2 aliphatic rings. The van der Waals surface area contributed by atoms with E-state index in [9.17, 15) is 4.79 Å². The molecule has 134 valence electrons. The second-order valence-electron chi connectivity index (χ2n) is 6.97. The largest absolute Gasteiger partial charge is 0.454 e. The van der Waals surface area contributed by atoms with Gasteiger partial charge in [-0.25, -0.2) is 0 Å². The summed E-state index contributed by atoms with van der Waals surface area (Å²) in [6.45, 7) is 2.60. The summed E-state index contributed by atoms with van der Waals surface area (Å²) in [5, 5.41) is 10.7. The minimum absolute atomic E-state index is 0.0262. The molecular formula is C18H24N4O3. The highest BCUT2D eigenvalue weighted by Crippen LogP contribution is 2.34. The number of fused-ring (bicyclic) bond motifs is 1. The van der Waals surface area contributed by atoms with Crippen LogP contribution in [-0.4, -0.2) is 48.0 Å². The monoisotopic (exact) mass is 344 g/mol. The average Bonchev–Trinajstić information content (AvgIpc) is 3.35. The van der Waals surface area contributed by atoms with Gasteiger partial charge < -0.3 is 19.8 Å². The summed E-state index contributed by atoms with van der Waals surface area (Å²) in [6.07, 6.45) is 5.57. The van der Waals surface area contributed by atoms with Gasteiger partial charge in [0.25, 0.3) is 5.91 Å². The molecule has 7 heteroatoms. The van der Waals surface area contributed by atoms with Crippen molar-refractivity contribution >= 4 is 5.91 Å². The maximum atomic E-state index is 12.6. The average molecular weight is 344 g/mol. The highest BCUT2D eigenvalue weighted by Gasteiger charge is 2.40. The summed E-state index contributed by atoms with van der Waals surface area (Å²) in [5.74, 6) is 2.14. The van der Waals surface area contributed by atoms with Gasteiger partial charge in [0, 0.05) is 19.5 Å². The fourth-order valence-corrected chi connectivity index (χ4v) is 4.07. The Labute approximate surface area is 146 Å². The third-order valence-corrected chi connectivity index (χ3v) is 5.40. The Balaban J connectivity index is 1.40. The molecule has 4 rings (SSSR count). The van der Waals surface area contributed by atoms with Crippen LogP contribution in [0.2, 0.25) is 0 Å². The van der Waals surface area contributed by atoms with Crippen molar-refractivity contribution in [2.24, 2.45) is 11.8 Å². The Morgan fingerprint density at radius 1 is 1.40 bits per heavy atom. The van der Waals surface area contributed by atoms with Crippen molar-refractivity contribution in [3.05, 3.63) is 42.1 Å². The summed E-state index contributed by atoms with van der Waals surface area (Å²) in [5.41, 5.74) is 0. The number of ether oxygens (including phenoxy) is 1. The minimum Gasteiger partial charge on any atom is -0.454 e. The molecule has 0 unspecified atom stereocenters. The second kappa shape index (κ2) is 7.01. The molecule has 25 heavy (non-hydrogen) atoms.